The van der Waals surface area contributed by atoms with Crippen LogP contribution in [0.15, 0.2) is 47.4 Å². The number of carbonyl (C=O) groups excluding carboxylic acids is 1. The molecule has 1 saturated heterocycles. The second-order valence-electron chi connectivity index (χ2n) is 8.08. The molecule has 1 spiro atoms. The third-order valence-corrected chi connectivity index (χ3v) is 8.01. The number of ether oxygens (including phenoxy) is 2. The Kier molecular flexibility index (Phi) is 4.11. The molecule has 2 fully saturated rings. The van der Waals surface area contributed by atoms with Crippen molar-refractivity contribution in [1.29, 1.82) is 0 Å². The lowest BCUT2D eigenvalue weighted by atomic mass is 10.0. The summed E-state index contributed by atoms with van der Waals surface area (Å²) < 4.78 is 38.0. The van der Waals surface area contributed by atoms with Gasteiger partial charge in [-0.05, 0) is 49.4 Å². The molecule has 2 atom stereocenters. The fourth-order valence-electron chi connectivity index (χ4n) is 4.29. The molecule has 0 bridgehead atoms. The summed E-state index contributed by atoms with van der Waals surface area (Å²) in [4.78, 5) is 13.1. The summed E-state index contributed by atoms with van der Waals surface area (Å²) in [5.74, 6) is 1.03. The lowest BCUT2D eigenvalue weighted by Crippen LogP contribution is -2.30. The van der Waals surface area contributed by atoms with E-state index >= 15 is 0 Å². The maximum atomic E-state index is 12.9. The number of carbonyl (C=O) groups is 1. The standard InChI is InChI=1S/C21H22N2O5S/c1-14-2-5-16(6-3-14)29(25,26)23-9-8-21(12-23)11-17(21)20(24)22-15-4-7-18-19(10-15)28-13-27-18/h2-7,10,17H,8-9,11-13H2,1H3,(H,22,24). The molecule has 2 aromatic rings. The van der Waals surface area contributed by atoms with Crippen LogP contribution in [0.25, 0.3) is 0 Å². The van der Waals surface area contributed by atoms with Gasteiger partial charge in [-0.2, -0.15) is 4.31 Å². The predicted molar refractivity (Wildman–Crippen MR) is 106 cm³/mol. The van der Waals surface area contributed by atoms with Crippen molar-refractivity contribution in [2.75, 3.05) is 25.2 Å². The third kappa shape index (κ3) is 3.16. The van der Waals surface area contributed by atoms with E-state index in [9.17, 15) is 13.2 Å². The van der Waals surface area contributed by atoms with E-state index in [0.29, 0.717) is 48.0 Å². The lowest BCUT2D eigenvalue weighted by Gasteiger charge is -2.17. The molecular formula is C21H22N2O5S. The van der Waals surface area contributed by atoms with Crippen molar-refractivity contribution < 1.29 is 22.7 Å². The van der Waals surface area contributed by atoms with E-state index in [-0.39, 0.29) is 24.0 Å². The molecular weight excluding hydrogens is 392 g/mol. The topological polar surface area (TPSA) is 84.9 Å². The number of benzene rings is 2. The Morgan fingerprint density at radius 3 is 2.69 bits per heavy atom. The Morgan fingerprint density at radius 2 is 1.90 bits per heavy atom. The number of hydrogen-bond acceptors (Lipinski definition) is 5. The number of nitrogens with one attached hydrogen (secondary N) is 1. The molecule has 1 N–H and O–H groups in total. The van der Waals surface area contributed by atoms with E-state index in [0.717, 1.165) is 5.56 Å². The van der Waals surface area contributed by atoms with E-state index in [1.807, 2.05) is 6.92 Å². The Hall–Kier alpha value is -2.58. The van der Waals surface area contributed by atoms with E-state index in [4.69, 9.17) is 9.47 Å². The van der Waals surface area contributed by atoms with Crippen LogP contribution in [0.5, 0.6) is 11.5 Å². The Balaban J connectivity index is 1.26. The minimum absolute atomic E-state index is 0.0709. The monoisotopic (exact) mass is 414 g/mol. The van der Waals surface area contributed by atoms with Crippen LogP contribution in [-0.4, -0.2) is 38.5 Å². The number of aryl methyl sites for hydroxylation is 1. The second kappa shape index (κ2) is 6.47. The fourth-order valence-corrected chi connectivity index (χ4v) is 5.83. The highest BCUT2D eigenvalue weighted by atomic mass is 32.2. The van der Waals surface area contributed by atoms with E-state index in [1.165, 1.54) is 4.31 Å². The maximum Gasteiger partial charge on any atom is 0.243 e. The predicted octanol–water partition coefficient (Wildman–Crippen LogP) is 2.76. The average Bonchev–Trinajstić information content (AvgIpc) is 3.02. The van der Waals surface area contributed by atoms with Gasteiger partial charge in [-0.15, -0.1) is 0 Å². The molecule has 1 saturated carbocycles. The summed E-state index contributed by atoms with van der Waals surface area (Å²) in [6, 6.07) is 12.2. The van der Waals surface area contributed by atoms with E-state index in [1.54, 1.807) is 42.5 Å². The van der Waals surface area contributed by atoms with Crippen LogP contribution in [0, 0.1) is 18.3 Å². The minimum Gasteiger partial charge on any atom is -0.454 e. The maximum absolute atomic E-state index is 12.9. The first-order chi connectivity index (χ1) is 13.9. The van der Waals surface area contributed by atoms with Crippen molar-refractivity contribution in [3.05, 3.63) is 48.0 Å². The highest BCUT2D eigenvalue weighted by Gasteiger charge is 2.62. The fraction of sp³-hybridized carbons (Fsp3) is 0.381. The van der Waals surface area contributed by atoms with Gasteiger partial charge in [-0.1, -0.05) is 17.7 Å². The van der Waals surface area contributed by atoms with Crippen molar-refractivity contribution in [1.82, 2.24) is 4.31 Å². The molecule has 1 amide bonds. The lowest BCUT2D eigenvalue weighted by molar-refractivity contribution is -0.118. The molecule has 5 rings (SSSR count). The number of amides is 1. The van der Waals surface area contributed by atoms with Crippen LogP contribution in [0.2, 0.25) is 0 Å². The highest BCUT2D eigenvalue weighted by molar-refractivity contribution is 7.89. The van der Waals surface area contributed by atoms with Crippen LogP contribution >= 0.6 is 0 Å². The van der Waals surface area contributed by atoms with Gasteiger partial charge in [0, 0.05) is 30.8 Å². The van der Waals surface area contributed by atoms with Gasteiger partial charge in [-0.3, -0.25) is 4.79 Å². The summed E-state index contributed by atoms with van der Waals surface area (Å²) in [5.41, 5.74) is 1.42. The zero-order valence-electron chi connectivity index (χ0n) is 16.1. The molecule has 2 heterocycles. The smallest absolute Gasteiger partial charge is 0.243 e. The SMILES string of the molecule is Cc1ccc(S(=O)(=O)N2CCC3(CC3C(=O)Nc3ccc4c(c3)OCO4)C2)cc1. The number of rotatable bonds is 4. The first-order valence-corrected chi connectivity index (χ1v) is 11.1. The molecule has 7 nitrogen and oxygen atoms in total. The average molecular weight is 414 g/mol. The molecule has 29 heavy (non-hydrogen) atoms. The first kappa shape index (κ1) is 18.4. The van der Waals surface area contributed by atoms with E-state index in [2.05, 4.69) is 5.32 Å². The van der Waals surface area contributed by atoms with Crippen LogP contribution in [0.3, 0.4) is 0 Å². The van der Waals surface area contributed by atoms with Crippen molar-refractivity contribution in [3.63, 3.8) is 0 Å². The normalized spacial score (nSPS) is 25.3. The van der Waals surface area contributed by atoms with Crippen LogP contribution in [0.1, 0.15) is 18.4 Å². The van der Waals surface area contributed by atoms with Crippen molar-refractivity contribution >= 4 is 21.6 Å². The molecule has 152 valence electrons. The molecule has 8 heteroatoms. The van der Waals surface area contributed by atoms with Crippen LogP contribution < -0.4 is 14.8 Å². The van der Waals surface area contributed by atoms with Gasteiger partial charge in [0.25, 0.3) is 0 Å². The summed E-state index contributed by atoms with van der Waals surface area (Å²) in [6.07, 6.45) is 1.42. The zero-order chi connectivity index (χ0) is 20.2. The van der Waals surface area contributed by atoms with Crippen molar-refractivity contribution in [2.24, 2.45) is 11.3 Å². The van der Waals surface area contributed by atoms with Crippen LogP contribution in [0.4, 0.5) is 5.69 Å². The van der Waals surface area contributed by atoms with Gasteiger partial charge in [0.05, 0.1) is 4.90 Å². The minimum atomic E-state index is -3.53. The summed E-state index contributed by atoms with van der Waals surface area (Å²) in [6.45, 7) is 2.95. The van der Waals surface area contributed by atoms with Gasteiger partial charge < -0.3 is 14.8 Å². The quantitative estimate of drug-likeness (QED) is 0.832. The summed E-state index contributed by atoms with van der Waals surface area (Å²) in [5, 5.41) is 2.93. The number of hydrogen-bond donors (Lipinski definition) is 1. The van der Waals surface area contributed by atoms with Gasteiger partial charge in [-0.25, -0.2) is 8.42 Å². The van der Waals surface area contributed by atoms with Crippen molar-refractivity contribution in [3.8, 4) is 11.5 Å². The first-order valence-electron chi connectivity index (χ1n) is 9.65. The Labute approximate surface area is 169 Å². The number of anilines is 1. The molecule has 3 aliphatic rings. The van der Waals surface area contributed by atoms with Gasteiger partial charge in [0.15, 0.2) is 11.5 Å². The molecule has 1 aliphatic carbocycles. The molecule has 0 aromatic heterocycles. The summed E-state index contributed by atoms with van der Waals surface area (Å²) in [7, 11) is -3.53. The molecule has 2 aromatic carbocycles. The zero-order valence-corrected chi connectivity index (χ0v) is 16.9. The highest BCUT2D eigenvalue weighted by Crippen LogP contribution is 2.59. The number of sulfonamides is 1. The Bertz CT molecular complexity index is 1080. The molecule has 0 radical (unpaired) electrons. The summed E-state index contributed by atoms with van der Waals surface area (Å²) >= 11 is 0. The molecule has 2 aliphatic heterocycles. The number of nitrogens with zero attached hydrogens (tertiary/aromatic N) is 1. The van der Waals surface area contributed by atoms with Gasteiger partial charge >= 0.3 is 0 Å². The van der Waals surface area contributed by atoms with Crippen LogP contribution in [-0.2, 0) is 14.8 Å². The third-order valence-electron chi connectivity index (χ3n) is 6.16. The van der Waals surface area contributed by atoms with Crippen molar-refractivity contribution in [2.45, 2.75) is 24.7 Å². The van der Waals surface area contributed by atoms with E-state index < -0.39 is 10.0 Å². The molecule has 2 unspecified atom stereocenters. The largest absolute Gasteiger partial charge is 0.454 e. The van der Waals surface area contributed by atoms with Gasteiger partial charge in [0.2, 0.25) is 22.7 Å². The second-order valence-corrected chi connectivity index (χ2v) is 10.0. The number of fused-ring (bicyclic) bond motifs is 1. The Morgan fingerprint density at radius 1 is 1.14 bits per heavy atom. The van der Waals surface area contributed by atoms with Gasteiger partial charge in [0.1, 0.15) is 0 Å².